The lowest BCUT2D eigenvalue weighted by Crippen LogP contribution is -2.02. The van der Waals surface area contributed by atoms with Crippen LogP contribution in [0.5, 0.6) is 5.75 Å². The summed E-state index contributed by atoms with van der Waals surface area (Å²) < 4.78 is 7.94. The lowest BCUT2D eigenvalue weighted by molar-refractivity contribution is 0.177. The van der Waals surface area contributed by atoms with E-state index in [1.165, 1.54) is 0 Å². The number of methoxy groups -OCH3 is 1. The molecule has 0 aliphatic carbocycles. The average molecular weight is 311 g/mol. The molecule has 0 aliphatic heterocycles. The minimum Gasteiger partial charge on any atom is -0.496 e. The first kappa shape index (κ1) is 13.1. The van der Waals surface area contributed by atoms with Crippen LogP contribution in [0.4, 0.5) is 0 Å². The molecule has 0 spiro atoms. The van der Waals surface area contributed by atoms with Crippen LogP contribution in [0.15, 0.2) is 35.1 Å². The Kier molecular flexibility index (Phi) is 4.04. The maximum atomic E-state index is 10.2. The second-order valence-electron chi connectivity index (χ2n) is 4.12. The molecule has 2 aromatic rings. The summed E-state index contributed by atoms with van der Waals surface area (Å²) in [6.07, 6.45) is 3.40. The van der Waals surface area contributed by atoms with Crippen molar-refractivity contribution in [2.45, 2.75) is 12.5 Å². The molecular formula is C13H15BrN2O2. The van der Waals surface area contributed by atoms with Crippen LogP contribution in [0, 0.1) is 0 Å². The number of rotatable bonds is 4. The van der Waals surface area contributed by atoms with Crippen molar-refractivity contribution >= 4 is 15.9 Å². The fourth-order valence-corrected chi connectivity index (χ4v) is 2.25. The number of halogens is 1. The third kappa shape index (κ3) is 2.91. The molecule has 0 saturated heterocycles. The van der Waals surface area contributed by atoms with Gasteiger partial charge < -0.3 is 9.84 Å². The molecule has 1 unspecified atom stereocenters. The van der Waals surface area contributed by atoms with Gasteiger partial charge in [0, 0.05) is 29.7 Å². The van der Waals surface area contributed by atoms with Gasteiger partial charge in [-0.25, -0.2) is 0 Å². The van der Waals surface area contributed by atoms with Crippen molar-refractivity contribution in [2.24, 2.45) is 7.05 Å². The molecule has 1 atom stereocenters. The van der Waals surface area contributed by atoms with Crippen LogP contribution < -0.4 is 4.74 Å². The van der Waals surface area contributed by atoms with Gasteiger partial charge in [0.15, 0.2) is 0 Å². The molecule has 5 heteroatoms. The zero-order valence-corrected chi connectivity index (χ0v) is 11.9. The van der Waals surface area contributed by atoms with E-state index in [4.69, 9.17) is 4.74 Å². The lowest BCUT2D eigenvalue weighted by atomic mass is 10.0. The smallest absolute Gasteiger partial charge is 0.122 e. The van der Waals surface area contributed by atoms with Crippen molar-refractivity contribution < 1.29 is 9.84 Å². The topological polar surface area (TPSA) is 47.3 Å². The summed E-state index contributed by atoms with van der Waals surface area (Å²) in [4.78, 5) is 0. The first-order valence-electron chi connectivity index (χ1n) is 5.59. The maximum Gasteiger partial charge on any atom is 0.122 e. The van der Waals surface area contributed by atoms with Gasteiger partial charge >= 0.3 is 0 Å². The van der Waals surface area contributed by atoms with Crippen LogP contribution in [0.3, 0.4) is 0 Å². The van der Waals surface area contributed by atoms with E-state index in [-0.39, 0.29) is 0 Å². The highest BCUT2D eigenvalue weighted by Gasteiger charge is 2.13. The van der Waals surface area contributed by atoms with Gasteiger partial charge in [-0.2, -0.15) is 5.10 Å². The molecule has 2 rings (SSSR count). The normalized spacial score (nSPS) is 12.4. The standard InChI is InChI=1S/C13H15BrN2O2/c1-16-8-10(7-15-16)12(17)6-9-5-11(14)3-4-13(9)18-2/h3-5,7-8,12,17H,6H2,1-2H3. The van der Waals surface area contributed by atoms with Crippen molar-refractivity contribution in [2.75, 3.05) is 7.11 Å². The lowest BCUT2D eigenvalue weighted by Gasteiger charge is -2.12. The fraction of sp³-hybridized carbons (Fsp3) is 0.308. The van der Waals surface area contributed by atoms with Crippen molar-refractivity contribution in [3.8, 4) is 5.75 Å². The Morgan fingerprint density at radius 1 is 1.50 bits per heavy atom. The molecule has 0 fully saturated rings. The van der Waals surface area contributed by atoms with E-state index in [0.717, 1.165) is 21.3 Å². The Balaban J connectivity index is 2.20. The minimum absolute atomic E-state index is 0.494. The number of aliphatic hydroxyl groups excluding tert-OH is 1. The van der Waals surface area contributed by atoms with Gasteiger partial charge in [0.2, 0.25) is 0 Å². The Morgan fingerprint density at radius 2 is 2.28 bits per heavy atom. The highest BCUT2D eigenvalue weighted by Crippen LogP contribution is 2.27. The van der Waals surface area contributed by atoms with Gasteiger partial charge in [-0.05, 0) is 23.8 Å². The summed E-state index contributed by atoms with van der Waals surface area (Å²) >= 11 is 3.42. The zero-order valence-electron chi connectivity index (χ0n) is 10.3. The first-order valence-corrected chi connectivity index (χ1v) is 6.38. The van der Waals surface area contributed by atoms with Crippen molar-refractivity contribution in [1.29, 1.82) is 0 Å². The summed E-state index contributed by atoms with van der Waals surface area (Å²) in [5, 5.41) is 14.2. The Labute approximate surface area is 114 Å². The highest BCUT2D eigenvalue weighted by atomic mass is 79.9. The number of hydrogen-bond donors (Lipinski definition) is 1. The molecule has 1 N–H and O–H groups in total. The fourth-order valence-electron chi connectivity index (χ4n) is 1.85. The molecule has 0 saturated carbocycles. The van der Waals surface area contributed by atoms with Gasteiger partial charge in [-0.1, -0.05) is 15.9 Å². The molecule has 0 radical (unpaired) electrons. The summed E-state index contributed by atoms with van der Waals surface area (Å²) in [5.74, 6) is 0.779. The van der Waals surface area contributed by atoms with Crippen LogP contribution in [-0.2, 0) is 13.5 Å². The van der Waals surface area contributed by atoms with Crippen LogP contribution >= 0.6 is 15.9 Å². The molecule has 0 aliphatic rings. The van der Waals surface area contributed by atoms with Gasteiger partial charge in [0.1, 0.15) is 5.75 Å². The number of hydrogen-bond acceptors (Lipinski definition) is 3. The number of benzene rings is 1. The molecule has 4 nitrogen and oxygen atoms in total. The molecular weight excluding hydrogens is 296 g/mol. The molecule has 1 aromatic heterocycles. The van der Waals surface area contributed by atoms with E-state index in [2.05, 4.69) is 21.0 Å². The molecule has 0 bridgehead atoms. The number of ether oxygens (including phenoxy) is 1. The second-order valence-corrected chi connectivity index (χ2v) is 5.04. The van der Waals surface area contributed by atoms with Crippen molar-refractivity contribution in [3.63, 3.8) is 0 Å². The quantitative estimate of drug-likeness (QED) is 0.943. The summed E-state index contributed by atoms with van der Waals surface area (Å²) in [6, 6.07) is 5.76. The maximum absolute atomic E-state index is 10.2. The summed E-state index contributed by atoms with van der Waals surface area (Å²) in [7, 11) is 3.46. The predicted molar refractivity (Wildman–Crippen MR) is 72.6 cm³/mol. The van der Waals surface area contributed by atoms with E-state index in [0.29, 0.717) is 6.42 Å². The van der Waals surface area contributed by atoms with Crippen molar-refractivity contribution in [1.82, 2.24) is 9.78 Å². The van der Waals surface area contributed by atoms with Crippen LogP contribution in [-0.4, -0.2) is 22.0 Å². The molecule has 1 heterocycles. The minimum atomic E-state index is -0.582. The Bertz CT molecular complexity index is 540. The van der Waals surface area contributed by atoms with E-state index in [9.17, 15) is 5.11 Å². The SMILES string of the molecule is COc1ccc(Br)cc1CC(O)c1cnn(C)c1. The Hall–Kier alpha value is -1.33. The highest BCUT2D eigenvalue weighted by molar-refractivity contribution is 9.10. The summed E-state index contributed by atoms with van der Waals surface area (Å²) in [6.45, 7) is 0. The van der Waals surface area contributed by atoms with Gasteiger partial charge in [-0.15, -0.1) is 0 Å². The van der Waals surface area contributed by atoms with Crippen molar-refractivity contribution in [3.05, 3.63) is 46.2 Å². The largest absolute Gasteiger partial charge is 0.496 e. The monoisotopic (exact) mass is 310 g/mol. The molecule has 0 amide bonds. The van der Waals surface area contributed by atoms with Crippen LogP contribution in [0.25, 0.3) is 0 Å². The third-order valence-electron chi connectivity index (χ3n) is 2.77. The van der Waals surface area contributed by atoms with Crippen LogP contribution in [0.2, 0.25) is 0 Å². The zero-order chi connectivity index (χ0) is 13.1. The number of aliphatic hydroxyl groups is 1. The van der Waals surface area contributed by atoms with E-state index < -0.39 is 6.10 Å². The summed E-state index contributed by atoms with van der Waals surface area (Å²) in [5.41, 5.74) is 1.77. The Morgan fingerprint density at radius 3 is 2.89 bits per heavy atom. The molecule has 18 heavy (non-hydrogen) atoms. The van der Waals surface area contributed by atoms with Gasteiger partial charge in [0.25, 0.3) is 0 Å². The van der Waals surface area contributed by atoms with Gasteiger partial charge in [0.05, 0.1) is 19.4 Å². The van der Waals surface area contributed by atoms with E-state index in [1.54, 1.807) is 18.0 Å². The predicted octanol–water partition coefficient (Wildman–Crippen LogP) is 2.47. The van der Waals surface area contributed by atoms with E-state index in [1.807, 2.05) is 31.4 Å². The molecule has 96 valence electrons. The number of nitrogens with zero attached hydrogens (tertiary/aromatic N) is 2. The second kappa shape index (κ2) is 5.54. The number of aryl methyl sites for hydroxylation is 1. The average Bonchev–Trinajstić information content (AvgIpc) is 2.76. The van der Waals surface area contributed by atoms with Gasteiger partial charge in [-0.3, -0.25) is 4.68 Å². The van der Waals surface area contributed by atoms with Crippen LogP contribution in [0.1, 0.15) is 17.2 Å². The number of aromatic nitrogens is 2. The van der Waals surface area contributed by atoms with E-state index >= 15 is 0 Å². The third-order valence-corrected chi connectivity index (χ3v) is 3.26. The first-order chi connectivity index (χ1) is 8.60. The molecule has 1 aromatic carbocycles.